The van der Waals surface area contributed by atoms with Crippen molar-refractivity contribution in [2.24, 2.45) is 0 Å². The van der Waals surface area contributed by atoms with E-state index in [1.165, 1.54) is 12.1 Å². The lowest BCUT2D eigenvalue weighted by Gasteiger charge is -2.19. The van der Waals surface area contributed by atoms with Crippen molar-refractivity contribution in [1.29, 1.82) is 0 Å². The van der Waals surface area contributed by atoms with E-state index < -0.39 is 11.9 Å². The molecule has 0 aliphatic rings. The number of rotatable bonds is 8. The Balaban J connectivity index is 2.49. The number of nitrogens with zero attached hydrogens (tertiary/aromatic N) is 1. The van der Waals surface area contributed by atoms with Crippen LogP contribution in [0.4, 0.5) is 4.39 Å². The lowest BCUT2D eigenvalue weighted by Crippen LogP contribution is -2.47. The zero-order chi connectivity index (χ0) is 17.4. The molecule has 0 fully saturated rings. The van der Waals surface area contributed by atoms with Crippen molar-refractivity contribution >= 4 is 23.4 Å². The summed E-state index contributed by atoms with van der Waals surface area (Å²) in [5, 5.41) is 5.65. The first-order chi connectivity index (χ1) is 10.8. The average molecular weight is 344 g/mol. The molecule has 0 aliphatic carbocycles. The van der Waals surface area contributed by atoms with Gasteiger partial charge in [0.15, 0.2) is 0 Å². The predicted octanol–water partition coefficient (Wildman–Crippen LogP) is 1.94. The molecule has 0 bridgehead atoms. The van der Waals surface area contributed by atoms with Crippen molar-refractivity contribution in [3.8, 4) is 0 Å². The lowest BCUT2D eigenvalue weighted by molar-refractivity contribution is -0.129. The molecule has 1 rings (SSSR count). The van der Waals surface area contributed by atoms with Crippen LogP contribution in [0.5, 0.6) is 0 Å². The molecule has 2 N–H and O–H groups in total. The van der Waals surface area contributed by atoms with Gasteiger partial charge in [-0.2, -0.15) is 0 Å². The summed E-state index contributed by atoms with van der Waals surface area (Å²) in [4.78, 5) is 25.3. The van der Waals surface area contributed by atoms with Gasteiger partial charge < -0.3 is 10.6 Å². The fourth-order valence-electron chi connectivity index (χ4n) is 2.01. The van der Waals surface area contributed by atoms with Crippen molar-refractivity contribution in [2.75, 3.05) is 20.1 Å². The maximum atomic E-state index is 13.7. The van der Waals surface area contributed by atoms with Crippen molar-refractivity contribution < 1.29 is 14.0 Å². The number of hydrogen-bond acceptors (Lipinski definition) is 3. The molecule has 7 heteroatoms. The summed E-state index contributed by atoms with van der Waals surface area (Å²) in [5.74, 6) is -0.934. The number of carbonyl (C=O) groups excluding carboxylic acids is 2. The third kappa shape index (κ3) is 6.54. The van der Waals surface area contributed by atoms with E-state index in [0.717, 1.165) is 6.42 Å². The number of amides is 2. The summed E-state index contributed by atoms with van der Waals surface area (Å²) in [5.41, 5.74) is 0.346. The highest BCUT2D eigenvalue weighted by molar-refractivity contribution is 6.31. The molecule has 0 spiro atoms. The van der Waals surface area contributed by atoms with Gasteiger partial charge in [0.25, 0.3) is 0 Å². The minimum Gasteiger partial charge on any atom is -0.354 e. The number of nitrogens with one attached hydrogen (secondary N) is 2. The average Bonchev–Trinajstić information content (AvgIpc) is 2.48. The van der Waals surface area contributed by atoms with E-state index in [4.69, 9.17) is 11.6 Å². The Bertz CT molecular complexity index is 534. The lowest BCUT2D eigenvalue weighted by atomic mass is 10.2. The Morgan fingerprint density at radius 2 is 2.09 bits per heavy atom. The van der Waals surface area contributed by atoms with Crippen LogP contribution in [0.3, 0.4) is 0 Å². The third-order valence-electron chi connectivity index (χ3n) is 3.22. The number of carbonyl (C=O) groups is 2. The predicted molar refractivity (Wildman–Crippen MR) is 88.6 cm³/mol. The first-order valence-electron chi connectivity index (χ1n) is 7.53. The van der Waals surface area contributed by atoms with Gasteiger partial charge in [0.1, 0.15) is 11.9 Å². The molecule has 0 unspecified atom stereocenters. The Labute approximate surface area is 141 Å². The van der Waals surface area contributed by atoms with E-state index in [9.17, 15) is 14.0 Å². The van der Waals surface area contributed by atoms with Crippen LogP contribution in [0.2, 0.25) is 5.02 Å². The van der Waals surface area contributed by atoms with Crippen LogP contribution >= 0.6 is 11.6 Å². The van der Waals surface area contributed by atoms with E-state index in [1.54, 1.807) is 24.9 Å². The Morgan fingerprint density at radius 1 is 1.39 bits per heavy atom. The normalized spacial score (nSPS) is 12.1. The third-order valence-corrected chi connectivity index (χ3v) is 3.58. The highest BCUT2D eigenvalue weighted by Gasteiger charge is 2.17. The van der Waals surface area contributed by atoms with Gasteiger partial charge >= 0.3 is 0 Å². The van der Waals surface area contributed by atoms with Crippen LogP contribution in [0.15, 0.2) is 18.2 Å². The standard InChI is InChI=1S/C16H23ClFN3O2/c1-4-8-19-16(23)11(2)20-15(22)10-21(3)9-12-13(17)6-5-7-14(12)18/h5-7,11H,4,8-10H2,1-3H3,(H,19,23)(H,20,22)/t11-/m0/s1. The largest absolute Gasteiger partial charge is 0.354 e. The topological polar surface area (TPSA) is 61.4 Å². The van der Waals surface area contributed by atoms with Crippen molar-refractivity contribution in [1.82, 2.24) is 15.5 Å². The van der Waals surface area contributed by atoms with Crippen LogP contribution < -0.4 is 10.6 Å². The molecule has 5 nitrogen and oxygen atoms in total. The highest BCUT2D eigenvalue weighted by Crippen LogP contribution is 2.20. The fraction of sp³-hybridized carbons (Fsp3) is 0.500. The molecule has 0 radical (unpaired) electrons. The molecule has 1 aromatic carbocycles. The molecule has 0 saturated heterocycles. The van der Waals surface area contributed by atoms with E-state index in [2.05, 4.69) is 10.6 Å². The summed E-state index contributed by atoms with van der Waals surface area (Å²) < 4.78 is 13.7. The molecule has 128 valence electrons. The zero-order valence-corrected chi connectivity index (χ0v) is 14.4. The van der Waals surface area contributed by atoms with Gasteiger partial charge in [-0.05, 0) is 32.5 Å². The summed E-state index contributed by atoms with van der Waals surface area (Å²) >= 11 is 5.96. The first-order valence-corrected chi connectivity index (χ1v) is 7.91. The summed E-state index contributed by atoms with van der Waals surface area (Å²) in [6, 6.07) is 3.85. The maximum Gasteiger partial charge on any atom is 0.242 e. The van der Waals surface area contributed by atoms with Gasteiger partial charge in [0.05, 0.1) is 6.54 Å². The zero-order valence-electron chi connectivity index (χ0n) is 13.7. The molecule has 0 saturated carbocycles. The van der Waals surface area contributed by atoms with E-state index in [-0.39, 0.29) is 24.9 Å². The minimum atomic E-state index is -0.612. The SMILES string of the molecule is CCCNC(=O)[C@H](C)NC(=O)CN(C)Cc1c(F)cccc1Cl. The van der Waals surface area contributed by atoms with Crippen LogP contribution in [-0.4, -0.2) is 42.9 Å². The van der Waals surface area contributed by atoms with Gasteiger partial charge in [-0.15, -0.1) is 0 Å². The molecule has 1 aromatic rings. The van der Waals surface area contributed by atoms with Crippen LogP contribution in [0, 0.1) is 5.82 Å². The molecular weight excluding hydrogens is 321 g/mol. The van der Waals surface area contributed by atoms with Crippen molar-refractivity contribution in [2.45, 2.75) is 32.9 Å². The molecular formula is C16H23ClFN3O2. The second-order valence-electron chi connectivity index (χ2n) is 5.45. The number of hydrogen-bond donors (Lipinski definition) is 2. The van der Waals surface area contributed by atoms with Gasteiger partial charge in [-0.3, -0.25) is 14.5 Å². The van der Waals surface area contributed by atoms with Gasteiger partial charge in [0.2, 0.25) is 11.8 Å². The monoisotopic (exact) mass is 343 g/mol. The van der Waals surface area contributed by atoms with Crippen molar-refractivity contribution in [3.05, 3.63) is 34.6 Å². The second-order valence-corrected chi connectivity index (χ2v) is 5.86. The number of likely N-dealkylation sites (N-methyl/N-ethyl adjacent to an activating group) is 1. The number of halogens is 2. The summed E-state index contributed by atoms with van der Waals surface area (Å²) in [6.45, 7) is 4.39. The van der Waals surface area contributed by atoms with Gasteiger partial charge in [0, 0.05) is 23.7 Å². The molecule has 1 atom stereocenters. The maximum absolute atomic E-state index is 13.7. The smallest absolute Gasteiger partial charge is 0.242 e. The Morgan fingerprint density at radius 3 is 2.70 bits per heavy atom. The van der Waals surface area contributed by atoms with Gasteiger partial charge in [-0.1, -0.05) is 24.6 Å². The van der Waals surface area contributed by atoms with E-state index >= 15 is 0 Å². The molecule has 0 aliphatic heterocycles. The Hall–Kier alpha value is -1.66. The van der Waals surface area contributed by atoms with Gasteiger partial charge in [-0.25, -0.2) is 4.39 Å². The summed E-state index contributed by atoms with van der Waals surface area (Å²) in [7, 11) is 1.68. The van der Waals surface area contributed by atoms with Crippen LogP contribution in [0.25, 0.3) is 0 Å². The number of benzene rings is 1. The fourth-order valence-corrected chi connectivity index (χ4v) is 2.23. The first kappa shape index (κ1) is 19.4. The Kier molecular flexibility index (Phi) is 7.98. The minimum absolute atomic E-state index is 0.0378. The molecule has 23 heavy (non-hydrogen) atoms. The molecule has 0 aromatic heterocycles. The molecule has 2 amide bonds. The van der Waals surface area contributed by atoms with Crippen LogP contribution in [-0.2, 0) is 16.1 Å². The van der Waals surface area contributed by atoms with Crippen LogP contribution in [0.1, 0.15) is 25.8 Å². The van der Waals surface area contributed by atoms with E-state index in [1.807, 2.05) is 6.92 Å². The second kappa shape index (κ2) is 9.47. The van der Waals surface area contributed by atoms with Crippen molar-refractivity contribution in [3.63, 3.8) is 0 Å². The molecule has 0 heterocycles. The quantitative estimate of drug-likeness (QED) is 0.758. The highest BCUT2D eigenvalue weighted by atomic mass is 35.5. The summed E-state index contributed by atoms with van der Waals surface area (Å²) in [6.07, 6.45) is 0.832. The van der Waals surface area contributed by atoms with E-state index in [0.29, 0.717) is 17.1 Å².